The molecule has 16 heavy (non-hydrogen) atoms. The average molecular weight is 262 g/mol. The molecule has 94 valence electrons. The molecule has 0 radical (unpaired) electrons. The maximum Gasteiger partial charge on any atom is 1.00 e. The summed E-state index contributed by atoms with van der Waals surface area (Å²) in [4.78, 5) is 8.56. The molecule has 0 amide bonds. The van der Waals surface area contributed by atoms with Crippen LogP contribution in [0.1, 0.15) is 8.35 Å². The van der Waals surface area contributed by atoms with E-state index in [4.69, 9.17) is 28.0 Å². The van der Waals surface area contributed by atoms with Gasteiger partial charge in [-0.25, -0.2) is 4.79 Å². The second kappa shape index (κ2) is 10.8. The van der Waals surface area contributed by atoms with Gasteiger partial charge in [0.05, 0.1) is 0 Å². The van der Waals surface area contributed by atoms with Crippen LogP contribution in [-0.4, -0.2) is 34.8 Å². The second-order valence-corrected chi connectivity index (χ2v) is 3.02. The molecule has 6 nitrogen and oxygen atoms in total. The molecule has 0 fully saturated rings. The van der Waals surface area contributed by atoms with Crippen molar-refractivity contribution < 1.29 is 61.4 Å². The molecule has 0 saturated carbocycles. The number of hydrogen-bond acceptors (Lipinski definition) is 3. The third kappa shape index (κ3) is 29.2. The van der Waals surface area contributed by atoms with Crippen molar-refractivity contribution in [1.29, 1.82) is 0 Å². The van der Waals surface area contributed by atoms with E-state index in [1.165, 1.54) is 0 Å². The standard InChI is InChI=1S/C3H6.CHF3O3S.CH2O3.Li.H/c1-3-2;2-1(3,4)8(5,6)7;2-1(3)4;;/h3H,1H2,2H3;(H,5,6,7);(H2,2,3,4);;/q;;;+1;-1. The fourth-order valence-corrected chi connectivity index (χ4v) is 0. The number of halogens is 3. The monoisotopic (exact) mass is 262 g/mol. The van der Waals surface area contributed by atoms with Gasteiger partial charge in [0.25, 0.3) is 0 Å². The van der Waals surface area contributed by atoms with Gasteiger partial charge < -0.3 is 11.6 Å². The molecule has 0 spiro atoms. The van der Waals surface area contributed by atoms with E-state index in [9.17, 15) is 13.2 Å². The van der Waals surface area contributed by atoms with Gasteiger partial charge in [-0.2, -0.15) is 21.6 Å². The predicted octanol–water partition coefficient (Wildman–Crippen LogP) is -1.07. The molecule has 0 aromatic carbocycles. The van der Waals surface area contributed by atoms with E-state index in [1.54, 1.807) is 6.08 Å². The topological polar surface area (TPSA) is 112 Å². The minimum Gasteiger partial charge on any atom is -1.00 e. The van der Waals surface area contributed by atoms with Gasteiger partial charge in [-0.3, -0.25) is 4.55 Å². The molecule has 11 heteroatoms. The summed E-state index contributed by atoms with van der Waals surface area (Å²) in [5.41, 5.74) is -5.53. The summed E-state index contributed by atoms with van der Waals surface area (Å²) in [6.07, 6.45) is -0.0833. The molecular weight excluding hydrogens is 252 g/mol. The molecule has 0 aliphatic heterocycles. The first-order valence-electron chi connectivity index (χ1n) is 2.92. The van der Waals surface area contributed by atoms with E-state index >= 15 is 0 Å². The van der Waals surface area contributed by atoms with Crippen molar-refractivity contribution in [3.05, 3.63) is 12.7 Å². The number of alkyl halides is 3. The Bertz CT molecular complexity index is 287. The molecular formula is C5H10F3LiO6S. The predicted molar refractivity (Wildman–Crippen MR) is 45.2 cm³/mol. The Kier molecular flexibility index (Phi) is 16.6. The summed E-state index contributed by atoms with van der Waals surface area (Å²) in [5.74, 6) is 0. The first kappa shape index (κ1) is 24.5. The fraction of sp³-hybridized carbons (Fsp3) is 0.400. The Morgan fingerprint density at radius 2 is 1.44 bits per heavy atom. The Morgan fingerprint density at radius 1 is 1.38 bits per heavy atom. The van der Waals surface area contributed by atoms with Crippen LogP contribution in [0.2, 0.25) is 0 Å². The quantitative estimate of drug-likeness (QED) is 0.222. The Balaban J connectivity index is -0.0000000461. The zero-order valence-electron chi connectivity index (χ0n) is 9.39. The molecule has 3 N–H and O–H groups in total. The van der Waals surface area contributed by atoms with Gasteiger partial charge in [0.1, 0.15) is 0 Å². The van der Waals surface area contributed by atoms with E-state index in [0.29, 0.717) is 0 Å². The van der Waals surface area contributed by atoms with Gasteiger partial charge in [0, 0.05) is 0 Å². The number of hydrogen-bond donors (Lipinski definition) is 3. The third-order valence-electron chi connectivity index (χ3n) is 0.292. The maximum atomic E-state index is 10.7. The van der Waals surface area contributed by atoms with Crippen LogP contribution in [0.3, 0.4) is 0 Å². The molecule has 0 aromatic rings. The molecule has 0 atom stereocenters. The Hall–Kier alpha value is -0.693. The molecule has 0 heterocycles. The number of allylic oxidation sites excluding steroid dienone is 1. The van der Waals surface area contributed by atoms with Crippen LogP contribution in [0.15, 0.2) is 12.7 Å². The molecule has 0 rings (SSSR count). The molecule has 0 aromatic heterocycles. The summed E-state index contributed by atoms with van der Waals surface area (Å²) in [6.45, 7) is 5.25. The second-order valence-electron chi connectivity index (χ2n) is 1.61. The average Bonchev–Trinajstić information content (AvgIpc) is 1.81. The van der Waals surface area contributed by atoms with Crippen molar-refractivity contribution in [2.45, 2.75) is 12.4 Å². The van der Waals surface area contributed by atoms with Crippen molar-refractivity contribution >= 4 is 16.3 Å². The van der Waals surface area contributed by atoms with Crippen LogP contribution in [-0.2, 0) is 10.1 Å². The smallest absolute Gasteiger partial charge is 1.00 e. The third-order valence-corrected chi connectivity index (χ3v) is 0.877. The van der Waals surface area contributed by atoms with Crippen LogP contribution in [0.5, 0.6) is 0 Å². The molecule has 0 bridgehead atoms. The number of rotatable bonds is 0. The molecule has 0 aliphatic rings. The maximum absolute atomic E-state index is 10.7. The van der Waals surface area contributed by atoms with Gasteiger partial charge in [-0.1, -0.05) is 6.08 Å². The van der Waals surface area contributed by atoms with E-state index in [-0.39, 0.29) is 20.3 Å². The van der Waals surface area contributed by atoms with Crippen LogP contribution in [0.25, 0.3) is 0 Å². The summed E-state index contributed by atoms with van der Waals surface area (Å²) >= 11 is 0. The van der Waals surface area contributed by atoms with Gasteiger partial charge >= 0.3 is 40.6 Å². The van der Waals surface area contributed by atoms with E-state index in [2.05, 4.69) is 6.58 Å². The normalized spacial score (nSPS) is 9.31. The Labute approximate surface area is 103 Å². The van der Waals surface area contributed by atoms with Crippen molar-refractivity contribution in [3.8, 4) is 0 Å². The van der Waals surface area contributed by atoms with E-state index in [0.717, 1.165) is 0 Å². The van der Waals surface area contributed by atoms with Crippen LogP contribution in [0.4, 0.5) is 18.0 Å². The minimum absolute atomic E-state index is 0. The zero-order chi connectivity index (χ0) is 13.3. The first-order valence-corrected chi connectivity index (χ1v) is 4.36. The van der Waals surface area contributed by atoms with Gasteiger partial charge in [-0.15, -0.1) is 6.58 Å². The SMILES string of the molecule is C=CC.O=C(O)O.O=S(=O)(O)C(F)(F)F.[H-].[Li+]. The molecule has 0 aliphatic carbocycles. The van der Waals surface area contributed by atoms with Gasteiger partial charge in [0.2, 0.25) is 0 Å². The van der Waals surface area contributed by atoms with Crippen molar-refractivity contribution in [2.24, 2.45) is 0 Å². The van der Waals surface area contributed by atoms with Crippen LogP contribution >= 0.6 is 0 Å². The largest absolute Gasteiger partial charge is 1.00 e. The number of carbonyl (C=O) groups is 1. The number of carboxylic acid groups (broad SMARTS) is 2. The fourth-order valence-electron chi connectivity index (χ4n) is 0. The summed E-state index contributed by atoms with van der Waals surface area (Å²) in [7, 11) is -5.84. The van der Waals surface area contributed by atoms with E-state index in [1.807, 2.05) is 6.92 Å². The van der Waals surface area contributed by atoms with Crippen molar-refractivity contribution in [1.82, 2.24) is 0 Å². The van der Waals surface area contributed by atoms with Crippen LogP contribution < -0.4 is 18.9 Å². The minimum atomic E-state index is -5.84. The van der Waals surface area contributed by atoms with Gasteiger partial charge in [0.15, 0.2) is 0 Å². The van der Waals surface area contributed by atoms with Crippen LogP contribution in [0, 0.1) is 0 Å². The molecule has 0 saturated heterocycles. The van der Waals surface area contributed by atoms with Crippen molar-refractivity contribution in [3.63, 3.8) is 0 Å². The van der Waals surface area contributed by atoms with Crippen molar-refractivity contribution in [2.75, 3.05) is 0 Å². The summed E-state index contributed by atoms with van der Waals surface area (Å²) < 4.78 is 57.5. The van der Waals surface area contributed by atoms with Gasteiger partial charge in [-0.05, 0) is 6.92 Å². The Morgan fingerprint density at radius 3 is 1.44 bits per heavy atom. The zero-order valence-corrected chi connectivity index (χ0v) is 9.21. The first-order chi connectivity index (χ1) is 6.40. The summed E-state index contributed by atoms with van der Waals surface area (Å²) in [6, 6.07) is 0. The molecule has 0 unspecified atom stereocenters. The summed E-state index contributed by atoms with van der Waals surface area (Å²) in [5, 5.41) is 13.9. The van der Waals surface area contributed by atoms with E-state index < -0.39 is 21.8 Å².